The Morgan fingerprint density at radius 2 is 2.08 bits per heavy atom. The summed E-state index contributed by atoms with van der Waals surface area (Å²) >= 11 is 8.15. The minimum atomic E-state index is -4.85. The number of benzene rings is 1. The van der Waals surface area contributed by atoms with Crippen LogP contribution in [-0.4, -0.2) is 39.7 Å². The number of allylic oxidation sites excluding steroid dienone is 1. The normalized spacial score (nSPS) is 18.5. The fourth-order valence-electron chi connectivity index (χ4n) is 4.02. The number of amides is 1. The third-order valence-corrected chi connectivity index (χ3v) is 7.14. The summed E-state index contributed by atoms with van der Waals surface area (Å²) in [7, 11) is 0. The molecule has 1 aromatic carbocycles. The topological polar surface area (TPSA) is 113 Å². The zero-order chi connectivity index (χ0) is 26.3. The quantitative estimate of drug-likeness (QED) is 0.181. The molecular formula is C24H24ClF3IN5O2. The molecular weight excluding hydrogens is 610 g/mol. The summed E-state index contributed by atoms with van der Waals surface area (Å²) in [6.45, 7) is 1.73. The number of nitrogens with two attached hydrogens (primary N) is 1. The van der Waals surface area contributed by atoms with Crippen molar-refractivity contribution in [1.82, 2.24) is 10.3 Å². The molecule has 1 atom stereocenters. The molecule has 5 N–H and O–H groups in total. The van der Waals surface area contributed by atoms with Gasteiger partial charge in [-0.25, -0.2) is 9.98 Å². The average molecular weight is 634 g/mol. The molecule has 0 bridgehead atoms. The lowest BCUT2D eigenvalue weighted by molar-refractivity contribution is -0.0925. The predicted molar refractivity (Wildman–Crippen MR) is 140 cm³/mol. The first-order valence-electron chi connectivity index (χ1n) is 11.2. The standard InChI is InChI=1S/C24H24ClF3IN5O2/c1-12-9-14(29)10-15(21(35)34-23(6-7-23)13-4-5-13)19(12)33-22(36)17(11-18(30)24(26,27)28)32-20-16(25)3-2-8-31-20/h2-3,8-11,13,22,33,36H,4-7,30H2,1H3,(H,34,35). The second-order valence-electron chi connectivity index (χ2n) is 9.02. The summed E-state index contributed by atoms with van der Waals surface area (Å²) in [5.74, 6) is 0.0654. The summed E-state index contributed by atoms with van der Waals surface area (Å²) in [6, 6.07) is 6.44. The number of hydrogen-bond donors (Lipinski definition) is 4. The number of aliphatic hydroxyl groups is 1. The molecule has 0 saturated heterocycles. The van der Waals surface area contributed by atoms with E-state index in [9.17, 15) is 23.1 Å². The van der Waals surface area contributed by atoms with Gasteiger partial charge >= 0.3 is 6.18 Å². The lowest BCUT2D eigenvalue weighted by atomic mass is 10.0. The van der Waals surface area contributed by atoms with E-state index >= 15 is 0 Å². The van der Waals surface area contributed by atoms with Gasteiger partial charge in [0, 0.05) is 15.3 Å². The molecule has 2 aliphatic rings. The van der Waals surface area contributed by atoms with Crippen molar-refractivity contribution >= 4 is 57.3 Å². The van der Waals surface area contributed by atoms with E-state index in [0.29, 0.717) is 17.6 Å². The summed E-state index contributed by atoms with van der Waals surface area (Å²) in [5, 5.41) is 16.9. The third kappa shape index (κ3) is 6.12. The van der Waals surface area contributed by atoms with Crippen LogP contribution in [0.3, 0.4) is 0 Å². The van der Waals surface area contributed by atoms with Crippen LogP contribution in [0, 0.1) is 16.4 Å². The molecule has 1 unspecified atom stereocenters. The van der Waals surface area contributed by atoms with E-state index in [2.05, 4.69) is 43.2 Å². The largest absolute Gasteiger partial charge is 0.430 e. The van der Waals surface area contributed by atoms with Crippen molar-refractivity contribution in [2.45, 2.75) is 50.6 Å². The molecule has 2 fully saturated rings. The molecule has 1 heterocycles. The third-order valence-electron chi connectivity index (χ3n) is 6.22. The number of halogens is 5. The van der Waals surface area contributed by atoms with Crippen LogP contribution >= 0.6 is 34.2 Å². The van der Waals surface area contributed by atoms with Gasteiger partial charge in [0.25, 0.3) is 5.91 Å². The zero-order valence-electron chi connectivity index (χ0n) is 19.2. The smallest absolute Gasteiger partial charge is 0.395 e. The lowest BCUT2D eigenvalue weighted by Gasteiger charge is -2.22. The monoisotopic (exact) mass is 633 g/mol. The van der Waals surface area contributed by atoms with Gasteiger partial charge in [0.15, 0.2) is 12.0 Å². The van der Waals surface area contributed by atoms with Crippen molar-refractivity contribution in [3.05, 3.63) is 62.0 Å². The minimum Gasteiger partial charge on any atom is -0.395 e. The van der Waals surface area contributed by atoms with Crippen molar-refractivity contribution < 1.29 is 23.1 Å². The van der Waals surface area contributed by atoms with Gasteiger partial charge < -0.3 is 21.5 Å². The number of nitrogens with one attached hydrogen (secondary N) is 2. The highest BCUT2D eigenvalue weighted by Crippen LogP contribution is 2.53. The van der Waals surface area contributed by atoms with Crippen LogP contribution in [0.4, 0.5) is 24.7 Å². The molecule has 0 aliphatic heterocycles. The molecule has 12 heteroatoms. The fraction of sp³-hybridized carbons (Fsp3) is 0.375. The minimum absolute atomic E-state index is 0.0708. The Morgan fingerprint density at radius 3 is 2.67 bits per heavy atom. The lowest BCUT2D eigenvalue weighted by Crippen LogP contribution is -2.39. The summed E-state index contributed by atoms with van der Waals surface area (Å²) in [6.07, 6.45) is -0.750. The Labute approximate surface area is 224 Å². The highest BCUT2D eigenvalue weighted by atomic mass is 127. The average Bonchev–Trinajstić information content (AvgIpc) is 3.70. The van der Waals surface area contributed by atoms with Gasteiger partial charge in [-0.15, -0.1) is 0 Å². The molecule has 2 saturated carbocycles. The van der Waals surface area contributed by atoms with Gasteiger partial charge in [-0.3, -0.25) is 4.79 Å². The summed E-state index contributed by atoms with van der Waals surface area (Å²) in [5.41, 5.74) is 4.24. The highest BCUT2D eigenvalue weighted by molar-refractivity contribution is 14.1. The molecule has 2 aliphatic carbocycles. The maximum atomic E-state index is 13.3. The van der Waals surface area contributed by atoms with Gasteiger partial charge in [-0.1, -0.05) is 11.6 Å². The number of carbonyl (C=O) groups excluding carboxylic acids is 1. The number of hydrogen-bond acceptors (Lipinski definition) is 6. The zero-order valence-corrected chi connectivity index (χ0v) is 22.1. The first-order valence-corrected chi connectivity index (χ1v) is 12.7. The van der Waals surface area contributed by atoms with Crippen molar-refractivity contribution in [1.29, 1.82) is 0 Å². The van der Waals surface area contributed by atoms with Crippen LogP contribution in [-0.2, 0) is 0 Å². The molecule has 1 aromatic heterocycles. The van der Waals surface area contributed by atoms with E-state index in [-0.39, 0.29) is 33.5 Å². The van der Waals surface area contributed by atoms with E-state index < -0.39 is 23.8 Å². The van der Waals surface area contributed by atoms with Crippen molar-refractivity contribution in [3.63, 3.8) is 0 Å². The Bertz CT molecular complexity index is 1240. The second-order valence-corrected chi connectivity index (χ2v) is 10.7. The molecule has 4 rings (SSSR count). The van der Waals surface area contributed by atoms with Gasteiger partial charge in [0.1, 0.15) is 5.70 Å². The Morgan fingerprint density at radius 1 is 1.39 bits per heavy atom. The number of alkyl halides is 3. The SMILES string of the molecule is Cc1cc(I)cc(C(=O)NC2(C3CC3)CC2)c1NC(O)C(C=C(N)C(F)(F)F)=Nc1ncccc1Cl. The Hall–Kier alpha value is -2.38. The number of pyridine rings is 1. The second kappa shape index (κ2) is 10.2. The van der Waals surface area contributed by atoms with E-state index in [1.54, 1.807) is 19.1 Å². The van der Waals surface area contributed by atoms with Crippen LogP contribution in [0.2, 0.25) is 5.02 Å². The van der Waals surface area contributed by atoms with Crippen molar-refractivity contribution in [2.24, 2.45) is 16.6 Å². The number of carbonyl (C=O) groups is 1. The van der Waals surface area contributed by atoms with Crippen LogP contribution in [0.1, 0.15) is 41.6 Å². The van der Waals surface area contributed by atoms with Crippen molar-refractivity contribution in [2.75, 3.05) is 5.32 Å². The molecule has 0 spiro atoms. The fourth-order valence-corrected chi connectivity index (χ4v) is 4.96. The molecule has 7 nitrogen and oxygen atoms in total. The summed E-state index contributed by atoms with van der Waals surface area (Å²) in [4.78, 5) is 21.3. The number of aliphatic hydroxyl groups excluding tert-OH is 1. The molecule has 0 radical (unpaired) electrons. The van der Waals surface area contributed by atoms with Gasteiger partial charge in [-0.2, -0.15) is 13.2 Å². The van der Waals surface area contributed by atoms with Crippen LogP contribution in [0.15, 0.2) is 47.2 Å². The Balaban J connectivity index is 1.68. The number of anilines is 1. The van der Waals surface area contributed by atoms with E-state index in [1.165, 1.54) is 18.3 Å². The molecule has 1 amide bonds. The van der Waals surface area contributed by atoms with E-state index in [0.717, 1.165) is 29.3 Å². The van der Waals surface area contributed by atoms with Crippen LogP contribution in [0.25, 0.3) is 0 Å². The number of aryl methyl sites for hydroxylation is 1. The Kier molecular flexibility index (Phi) is 7.54. The molecule has 192 valence electrons. The number of rotatable bonds is 8. The summed E-state index contributed by atoms with van der Waals surface area (Å²) < 4.78 is 40.3. The van der Waals surface area contributed by atoms with E-state index in [4.69, 9.17) is 17.3 Å². The molecule has 2 aromatic rings. The van der Waals surface area contributed by atoms with Gasteiger partial charge in [0.2, 0.25) is 0 Å². The van der Waals surface area contributed by atoms with Gasteiger partial charge in [-0.05, 0) is 97.0 Å². The first kappa shape index (κ1) is 26.7. The van der Waals surface area contributed by atoms with Gasteiger partial charge in [0.05, 0.1) is 22.0 Å². The first-order chi connectivity index (χ1) is 16.9. The maximum Gasteiger partial charge on any atom is 0.430 e. The number of nitrogens with zero attached hydrogens (tertiary/aromatic N) is 2. The van der Waals surface area contributed by atoms with Crippen LogP contribution in [0.5, 0.6) is 0 Å². The number of aromatic nitrogens is 1. The number of aliphatic imine (C=N–C) groups is 1. The van der Waals surface area contributed by atoms with Crippen LogP contribution < -0.4 is 16.4 Å². The van der Waals surface area contributed by atoms with E-state index in [1.807, 2.05) is 0 Å². The van der Waals surface area contributed by atoms with Crippen molar-refractivity contribution in [3.8, 4) is 0 Å². The maximum absolute atomic E-state index is 13.3. The highest BCUT2D eigenvalue weighted by Gasteiger charge is 2.55. The molecule has 36 heavy (non-hydrogen) atoms. The predicted octanol–water partition coefficient (Wildman–Crippen LogP) is 5.23.